The maximum absolute atomic E-state index is 13.4. The van der Waals surface area contributed by atoms with Gasteiger partial charge in [0, 0.05) is 52.3 Å². The van der Waals surface area contributed by atoms with Crippen molar-refractivity contribution in [3.63, 3.8) is 0 Å². The van der Waals surface area contributed by atoms with E-state index in [4.69, 9.17) is 0 Å². The minimum Gasteiger partial charge on any atom is -0.465 e. The van der Waals surface area contributed by atoms with E-state index in [0.29, 0.717) is 11.9 Å². The van der Waals surface area contributed by atoms with Gasteiger partial charge in [0.25, 0.3) is 23.6 Å². The molecule has 0 saturated heterocycles. The number of nitrogens with zero attached hydrogens (tertiary/aromatic N) is 4. The van der Waals surface area contributed by atoms with Crippen LogP contribution >= 0.6 is 0 Å². The summed E-state index contributed by atoms with van der Waals surface area (Å²) in [6, 6.07) is 8.81. The van der Waals surface area contributed by atoms with Crippen LogP contribution in [0.4, 0.5) is 5.82 Å². The number of benzene rings is 2. The number of ether oxygens (including phenoxy) is 1. The number of methoxy groups -OCH3 is 1. The number of hydrogen-bond donors (Lipinski definition) is 0. The number of rotatable bonds is 5. The van der Waals surface area contributed by atoms with E-state index in [1.54, 1.807) is 0 Å². The van der Waals surface area contributed by atoms with E-state index in [9.17, 15) is 24.0 Å². The Hall–Kier alpha value is -4.44. The van der Waals surface area contributed by atoms with Crippen LogP contribution in [-0.4, -0.2) is 78.7 Å². The van der Waals surface area contributed by atoms with Gasteiger partial charge < -0.3 is 9.64 Å². The standard InChI is InChI=1S/C25H20N4O6/c1-27(2)10-11-28-21(30)14-5-7-16-20-17(8-6-15(19(14)20)22(28)31)24(33)29(23(16)32)18-9-4-13(12-26-18)25(34)35-3/h4-9,12H,10-11H2,1-3H3. The maximum atomic E-state index is 13.4. The zero-order chi connectivity index (χ0) is 25.0. The van der Waals surface area contributed by atoms with Crippen molar-refractivity contribution in [3.8, 4) is 0 Å². The fourth-order valence-corrected chi connectivity index (χ4v) is 4.39. The van der Waals surface area contributed by atoms with Crippen LogP contribution in [0.2, 0.25) is 0 Å². The summed E-state index contributed by atoms with van der Waals surface area (Å²) in [6.07, 6.45) is 1.22. The highest BCUT2D eigenvalue weighted by atomic mass is 16.5. The molecule has 3 heterocycles. The Morgan fingerprint density at radius 3 is 1.77 bits per heavy atom. The summed E-state index contributed by atoms with van der Waals surface area (Å²) < 4.78 is 4.65. The number of carbonyl (C=O) groups is 5. The molecule has 0 fully saturated rings. The van der Waals surface area contributed by atoms with Crippen LogP contribution in [-0.2, 0) is 4.74 Å². The average Bonchev–Trinajstić information content (AvgIpc) is 2.85. The average molecular weight is 472 g/mol. The normalized spacial score (nSPS) is 14.9. The second-order valence-electron chi connectivity index (χ2n) is 8.48. The van der Waals surface area contributed by atoms with Gasteiger partial charge in [0.15, 0.2) is 0 Å². The second-order valence-corrected chi connectivity index (χ2v) is 8.48. The third-order valence-corrected chi connectivity index (χ3v) is 6.15. The van der Waals surface area contributed by atoms with Gasteiger partial charge in [-0.15, -0.1) is 0 Å². The number of esters is 1. The molecule has 0 spiro atoms. The quantitative estimate of drug-likeness (QED) is 0.409. The maximum Gasteiger partial charge on any atom is 0.339 e. The Balaban J connectivity index is 1.61. The summed E-state index contributed by atoms with van der Waals surface area (Å²) in [7, 11) is 4.93. The van der Waals surface area contributed by atoms with Crippen molar-refractivity contribution in [2.45, 2.75) is 0 Å². The highest BCUT2D eigenvalue weighted by Gasteiger charge is 2.40. The molecule has 0 aliphatic carbocycles. The topological polar surface area (TPSA) is 117 Å². The minimum atomic E-state index is -0.639. The third-order valence-electron chi connectivity index (χ3n) is 6.15. The van der Waals surface area contributed by atoms with Crippen LogP contribution in [0.1, 0.15) is 51.8 Å². The summed E-state index contributed by atoms with van der Waals surface area (Å²) >= 11 is 0. The lowest BCUT2D eigenvalue weighted by Gasteiger charge is -2.32. The first-order valence-electron chi connectivity index (χ1n) is 10.8. The van der Waals surface area contributed by atoms with E-state index in [0.717, 1.165) is 4.90 Å². The second kappa shape index (κ2) is 8.10. The van der Waals surface area contributed by atoms with Crippen LogP contribution in [0.3, 0.4) is 0 Å². The van der Waals surface area contributed by atoms with Crippen molar-refractivity contribution in [1.29, 1.82) is 0 Å². The van der Waals surface area contributed by atoms with Gasteiger partial charge in [-0.2, -0.15) is 0 Å². The molecule has 10 heteroatoms. The number of likely N-dealkylation sites (N-methyl/N-ethyl adjacent to an activating group) is 1. The number of imide groups is 2. The number of carbonyl (C=O) groups excluding carboxylic acids is 5. The van der Waals surface area contributed by atoms with Gasteiger partial charge in [0.05, 0.1) is 12.7 Å². The first-order chi connectivity index (χ1) is 16.7. The van der Waals surface area contributed by atoms with Crippen molar-refractivity contribution >= 4 is 46.2 Å². The van der Waals surface area contributed by atoms with Gasteiger partial charge in [0.1, 0.15) is 5.82 Å². The molecule has 3 aromatic rings. The Bertz CT molecular complexity index is 1390. The highest BCUT2D eigenvalue weighted by molar-refractivity contribution is 6.39. The fraction of sp³-hybridized carbons (Fsp3) is 0.200. The van der Waals surface area contributed by atoms with E-state index >= 15 is 0 Å². The molecule has 1 aromatic heterocycles. The monoisotopic (exact) mass is 472 g/mol. The van der Waals surface area contributed by atoms with Crippen LogP contribution in [0.15, 0.2) is 42.6 Å². The number of anilines is 1. The fourth-order valence-electron chi connectivity index (χ4n) is 4.39. The number of amides is 4. The molecule has 0 bridgehead atoms. The molecule has 5 rings (SSSR count). The molecule has 2 aromatic carbocycles. The first-order valence-corrected chi connectivity index (χ1v) is 10.8. The number of hydrogen-bond acceptors (Lipinski definition) is 8. The molecule has 0 N–H and O–H groups in total. The lowest BCUT2D eigenvalue weighted by Crippen LogP contribution is -2.45. The van der Waals surface area contributed by atoms with Crippen molar-refractivity contribution < 1.29 is 28.7 Å². The predicted octanol–water partition coefficient (Wildman–Crippen LogP) is 1.98. The molecule has 0 atom stereocenters. The van der Waals surface area contributed by atoms with Crippen molar-refractivity contribution in [2.75, 3.05) is 39.2 Å². The van der Waals surface area contributed by atoms with Gasteiger partial charge in [-0.3, -0.25) is 24.1 Å². The largest absolute Gasteiger partial charge is 0.465 e. The molecule has 35 heavy (non-hydrogen) atoms. The van der Waals surface area contributed by atoms with Crippen molar-refractivity contribution in [2.24, 2.45) is 0 Å². The van der Waals surface area contributed by atoms with Gasteiger partial charge in [-0.05, 0) is 50.5 Å². The highest BCUT2D eigenvalue weighted by Crippen LogP contribution is 2.38. The van der Waals surface area contributed by atoms with Gasteiger partial charge >= 0.3 is 5.97 Å². The summed E-state index contributed by atoms with van der Waals surface area (Å²) in [4.78, 5) is 72.9. The van der Waals surface area contributed by atoms with Crippen molar-refractivity contribution in [1.82, 2.24) is 14.8 Å². The third kappa shape index (κ3) is 3.29. The smallest absolute Gasteiger partial charge is 0.339 e. The van der Waals surface area contributed by atoms with E-state index in [1.165, 1.54) is 54.6 Å². The zero-order valence-electron chi connectivity index (χ0n) is 19.2. The Kier molecular flexibility index (Phi) is 5.17. The van der Waals surface area contributed by atoms with Crippen LogP contribution in [0.5, 0.6) is 0 Å². The first kappa shape index (κ1) is 22.4. The van der Waals surface area contributed by atoms with Gasteiger partial charge in [-0.1, -0.05) is 0 Å². The Morgan fingerprint density at radius 1 is 0.829 bits per heavy atom. The summed E-state index contributed by atoms with van der Waals surface area (Å²) in [5.74, 6) is -2.77. The molecular weight excluding hydrogens is 452 g/mol. The van der Waals surface area contributed by atoms with Gasteiger partial charge in [-0.25, -0.2) is 14.7 Å². The number of aromatic nitrogens is 1. The molecule has 4 amide bonds. The molecule has 176 valence electrons. The van der Waals surface area contributed by atoms with E-state index < -0.39 is 29.6 Å². The molecule has 0 saturated carbocycles. The van der Waals surface area contributed by atoms with E-state index in [-0.39, 0.29) is 45.6 Å². The summed E-state index contributed by atoms with van der Waals surface area (Å²) in [5, 5.41) is 0.595. The predicted molar refractivity (Wildman–Crippen MR) is 125 cm³/mol. The molecule has 0 unspecified atom stereocenters. The zero-order valence-corrected chi connectivity index (χ0v) is 19.2. The van der Waals surface area contributed by atoms with Gasteiger partial charge in [0.2, 0.25) is 0 Å². The lowest BCUT2D eigenvalue weighted by atomic mass is 9.86. The number of pyridine rings is 1. The minimum absolute atomic E-state index is 0.0358. The van der Waals surface area contributed by atoms with Crippen LogP contribution in [0.25, 0.3) is 10.8 Å². The van der Waals surface area contributed by atoms with Crippen LogP contribution in [0, 0.1) is 0 Å². The Labute approximate surface area is 199 Å². The molecule has 0 radical (unpaired) electrons. The van der Waals surface area contributed by atoms with Crippen LogP contribution < -0.4 is 4.90 Å². The molecule has 2 aliphatic heterocycles. The molecule has 2 aliphatic rings. The SMILES string of the molecule is COC(=O)c1ccc(N2C(=O)c3ccc4c5c(ccc(c35)C2=O)C(=O)N(CCN(C)C)C4=O)nc1. The summed E-state index contributed by atoms with van der Waals surface area (Å²) in [6.45, 7) is 0.716. The van der Waals surface area contributed by atoms with E-state index in [1.807, 2.05) is 19.0 Å². The lowest BCUT2D eigenvalue weighted by molar-refractivity contribution is 0.0588. The molecule has 10 nitrogen and oxygen atoms in total. The van der Waals surface area contributed by atoms with E-state index in [2.05, 4.69) is 9.72 Å². The Morgan fingerprint density at radius 2 is 1.34 bits per heavy atom. The van der Waals surface area contributed by atoms with Crippen molar-refractivity contribution in [3.05, 3.63) is 70.4 Å². The summed E-state index contributed by atoms with van der Waals surface area (Å²) in [5.41, 5.74) is 1.08. The molecular formula is C25H20N4O6.